The van der Waals surface area contributed by atoms with Gasteiger partial charge >= 0.3 is 11.8 Å². The third-order valence-corrected chi connectivity index (χ3v) is 2.00. The first kappa shape index (κ1) is 14.4. The van der Waals surface area contributed by atoms with Gasteiger partial charge in [-0.3, -0.25) is 9.59 Å². The van der Waals surface area contributed by atoms with Crippen LogP contribution in [0.2, 0.25) is 0 Å². The first-order chi connectivity index (χ1) is 7.67. The highest BCUT2D eigenvalue weighted by Gasteiger charge is 2.18. The lowest BCUT2D eigenvalue weighted by Crippen LogP contribution is -2.43. The van der Waals surface area contributed by atoms with Crippen molar-refractivity contribution in [2.75, 3.05) is 19.6 Å². The van der Waals surface area contributed by atoms with Crippen LogP contribution in [0.3, 0.4) is 0 Å². The van der Waals surface area contributed by atoms with Crippen LogP contribution in [0.15, 0.2) is 25.3 Å². The topological polar surface area (TPSA) is 49.4 Å². The monoisotopic (exact) mass is 224 g/mol. The van der Waals surface area contributed by atoms with Crippen molar-refractivity contribution in [2.24, 2.45) is 0 Å². The second-order valence-corrected chi connectivity index (χ2v) is 3.40. The Bertz CT molecular complexity index is 252. The van der Waals surface area contributed by atoms with Gasteiger partial charge in [0.15, 0.2) is 0 Å². The van der Waals surface area contributed by atoms with E-state index in [2.05, 4.69) is 18.5 Å². The molecule has 90 valence electrons. The van der Waals surface area contributed by atoms with Crippen molar-refractivity contribution >= 4 is 11.8 Å². The molecule has 0 bridgehead atoms. The van der Waals surface area contributed by atoms with E-state index in [0.29, 0.717) is 19.6 Å². The molecule has 0 aliphatic rings. The summed E-state index contributed by atoms with van der Waals surface area (Å²) in [6, 6.07) is 0. The second-order valence-electron chi connectivity index (χ2n) is 3.40. The van der Waals surface area contributed by atoms with Crippen LogP contribution >= 0.6 is 0 Å². The van der Waals surface area contributed by atoms with Crippen LogP contribution in [0, 0.1) is 0 Å². The van der Waals surface area contributed by atoms with E-state index in [4.69, 9.17) is 0 Å². The quantitative estimate of drug-likeness (QED) is 0.400. The van der Waals surface area contributed by atoms with Crippen molar-refractivity contribution in [3.8, 4) is 0 Å². The van der Waals surface area contributed by atoms with Gasteiger partial charge in [0.05, 0.1) is 0 Å². The molecule has 0 aliphatic carbocycles. The summed E-state index contributed by atoms with van der Waals surface area (Å²) in [4.78, 5) is 24.5. The van der Waals surface area contributed by atoms with Gasteiger partial charge in [0.2, 0.25) is 0 Å². The van der Waals surface area contributed by atoms with Gasteiger partial charge in [-0.15, -0.1) is 13.2 Å². The molecule has 4 nitrogen and oxygen atoms in total. The highest BCUT2D eigenvalue weighted by molar-refractivity contribution is 6.35. The second kappa shape index (κ2) is 8.71. The summed E-state index contributed by atoms with van der Waals surface area (Å²) in [6.45, 7) is 10.3. The molecule has 4 heteroatoms. The minimum Gasteiger partial charge on any atom is -0.348 e. The largest absolute Gasteiger partial charge is 0.348 e. The minimum atomic E-state index is -0.558. The lowest BCUT2D eigenvalue weighted by Gasteiger charge is -2.18. The molecular weight excluding hydrogens is 204 g/mol. The number of carbonyl (C=O) groups is 2. The fourth-order valence-corrected chi connectivity index (χ4v) is 1.15. The molecule has 0 aliphatic heterocycles. The molecule has 0 radical (unpaired) electrons. The molecule has 0 saturated heterocycles. The highest BCUT2D eigenvalue weighted by Crippen LogP contribution is 1.92. The predicted molar refractivity (Wildman–Crippen MR) is 64.9 cm³/mol. The molecule has 0 heterocycles. The lowest BCUT2D eigenvalue weighted by atomic mass is 10.3. The van der Waals surface area contributed by atoms with Crippen LogP contribution in [0.5, 0.6) is 0 Å². The van der Waals surface area contributed by atoms with Gasteiger partial charge in [-0.1, -0.05) is 25.5 Å². The Hall–Kier alpha value is -1.58. The Morgan fingerprint density at radius 3 is 2.25 bits per heavy atom. The third kappa shape index (κ3) is 5.34. The fraction of sp³-hybridized carbons (Fsp3) is 0.500. The van der Waals surface area contributed by atoms with Crippen molar-refractivity contribution in [3.63, 3.8) is 0 Å². The summed E-state index contributed by atoms with van der Waals surface area (Å²) in [5, 5.41) is 2.58. The van der Waals surface area contributed by atoms with Crippen LogP contribution in [0.1, 0.15) is 19.8 Å². The van der Waals surface area contributed by atoms with E-state index in [9.17, 15) is 9.59 Å². The number of rotatable bonds is 7. The van der Waals surface area contributed by atoms with Crippen molar-refractivity contribution in [1.29, 1.82) is 0 Å². The lowest BCUT2D eigenvalue weighted by molar-refractivity contribution is -0.145. The van der Waals surface area contributed by atoms with Gasteiger partial charge in [-0.2, -0.15) is 0 Å². The van der Waals surface area contributed by atoms with Crippen molar-refractivity contribution in [3.05, 3.63) is 25.3 Å². The van der Waals surface area contributed by atoms with Gasteiger partial charge in [0.1, 0.15) is 0 Å². The van der Waals surface area contributed by atoms with Gasteiger partial charge < -0.3 is 10.2 Å². The number of amides is 2. The predicted octanol–water partition coefficient (Wildman–Crippen LogP) is 1.10. The Labute approximate surface area is 97.0 Å². The van der Waals surface area contributed by atoms with Crippen LogP contribution in [0.4, 0.5) is 0 Å². The molecule has 0 saturated carbocycles. The zero-order chi connectivity index (χ0) is 12.4. The molecule has 0 fully saturated rings. The van der Waals surface area contributed by atoms with E-state index in [0.717, 1.165) is 12.8 Å². The summed E-state index contributed by atoms with van der Waals surface area (Å²) in [5.41, 5.74) is 0. The summed E-state index contributed by atoms with van der Waals surface area (Å²) in [5.74, 6) is -1.09. The Morgan fingerprint density at radius 2 is 1.81 bits per heavy atom. The van der Waals surface area contributed by atoms with E-state index in [1.165, 1.54) is 4.90 Å². The van der Waals surface area contributed by atoms with Crippen LogP contribution in [0.25, 0.3) is 0 Å². The van der Waals surface area contributed by atoms with E-state index in [1.54, 1.807) is 12.2 Å². The molecule has 0 rings (SSSR count). The molecule has 1 N–H and O–H groups in total. The average molecular weight is 224 g/mol. The molecule has 0 aromatic carbocycles. The van der Waals surface area contributed by atoms with Crippen LogP contribution in [-0.4, -0.2) is 36.3 Å². The zero-order valence-electron chi connectivity index (χ0n) is 9.87. The summed E-state index contributed by atoms with van der Waals surface area (Å²) in [7, 11) is 0. The molecular formula is C12H20N2O2. The molecule has 0 unspecified atom stereocenters. The van der Waals surface area contributed by atoms with Crippen LogP contribution < -0.4 is 5.32 Å². The number of hydrogen-bond acceptors (Lipinski definition) is 2. The molecule has 0 aromatic rings. The molecule has 0 aromatic heterocycles. The number of unbranched alkanes of at least 4 members (excludes halogenated alkanes) is 1. The molecule has 2 amide bonds. The van der Waals surface area contributed by atoms with Crippen molar-refractivity contribution in [2.45, 2.75) is 19.8 Å². The fourth-order valence-electron chi connectivity index (χ4n) is 1.15. The standard InChI is InChI=1S/C12H20N2O2/c1-4-7-8-13-11(15)12(16)14(9-5-2)10-6-3/h5-6H,2-4,7-10H2,1H3,(H,13,15). The first-order valence-electron chi connectivity index (χ1n) is 5.46. The summed E-state index contributed by atoms with van der Waals surface area (Å²) >= 11 is 0. The highest BCUT2D eigenvalue weighted by atomic mass is 16.2. The number of nitrogens with zero attached hydrogens (tertiary/aromatic N) is 1. The average Bonchev–Trinajstić information content (AvgIpc) is 2.28. The van der Waals surface area contributed by atoms with Gasteiger partial charge in [0.25, 0.3) is 0 Å². The third-order valence-electron chi connectivity index (χ3n) is 2.00. The molecule has 0 spiro atoms. The van der Waals surface area contributed by atoms with Crippen molar-refractivity contribution < 1.29 is 9.59 Å². The van der Waals surface area contributed by atoms with E-state index < -0.39 is 11.8 Å². The summed E-state index contributed by atoms with van der Waals surface area (Å²) < 4.78 is 0. The maximum absolute atomic E-state index is 11.6. The Morgan fingerprint density at radius 1 is 1.25 bits per heavy atom. The van der Waals surface area contributed by atoms with Gasteiger partial charge in [0, 0.05) is 19.6 Å². The number of carbonyl (C=O) groups excluding carboxylic acids is 2. The molecule has 0 atom stereocenters. The van der Waals surface area contributed by atoms with Crippen LogP contribution in [-0.2, 0) is 9.59 Å². The smallest absolute Gasteiger partial charge is 0.312 e. The number of hydrogen-bond donors (Lipinski definition) is 1. The minimum absolute atomic E-state index is 0.353. The maximum Gasteiger partial charge on any atom is 0.312 e. The van der Waals surface area contributed by atoms with E-state index in [1.807, 2.05) is 6.92 Å². The first-order valence-corrected chi connectivity index (χ1v) is 5.46. The Balaban J connectivity index is 4.19. The van der Waals surface area contributed by atoms with E-state index in [-0.39, 0.29) is 0 Å². The Kier molecular flexibility index (Phi) is 7.85. The summed E-state index contributed by atoms with van der Waals surface area (Å²) in [6.07, 6.45) is 5.03. The van der Waals surface area contributed by atoms with E-state index >= 15 is 0 Å². The van der Waals surface area contributed by atoms with Gasteiger partial charge in [-0.05, 0) is 6.42 Å². The maximum atomic E-state index is 11.6. The van der Waals surface area contributed by atoms with Crippen molar-refractivity contribution in [1.82, 2.24) is 10.2 Å². The SMILES string of the molecule is C=CCN(CC=C)C(=O)C(=O)NCCCC. The number of nitrogens with one attached hydrogen (secondary N) is 1. The van der Waals surface area contributed by atoms with Gasteiger partial charge in [-0.25, -0.2) is 0 Å². The zero-order valence-corrected chi connectivity index (χ0v) is 9.87. The molecule has 16 heavy (non-hydrogen) atoms. The normalized spacial score (nSPS) is 9.31.